The zero-order valence-corrected chi connectivity index (χ0v) is 33.5. The van der Waals surface area contributed by atoms with Gasteiger partial charge in [0, 0.05) is 75.0 Å². The number of rotatable bonds is 10. The number of nitrogens with zero attached hydrogens (tertiary/aromatic N) is 4. The number of ether oxygens (including phenoxy) is 6. The van der Waals surface area contributed by atoms with Crippen LogP contribution in [0.25, 0.3) is 22.3 Å². The van der Waals surface area contributed by atoms with Gasteiger partial charge in [0.05, 0.1) is 51.3 Å². The lowest BCUT2D eigenvalue weighted by Crippen LogP contribution is -2.54. The van der Waals surface area contributed by atoms with Gasteiger partial charge in [-0.1, -0.05) is 0 Å². The van der Waals surface area contributed by atoms with Crippen molar-refractivity contribution in [1.82, 2.24) is 25.2 Å². The van der Waals surface area contributed by atoms with E-state index in [1.165, 1.54) is 11.2 Å². The molecule has 7 heterocycles. The first-order valence-electron chi connectivity index (χ1n) is 19.0. The summed E-state index contributed by atoms with van der Waals surface area (Å²) in [5, 5.41) is 13.8. The van der Waals surface area contributed by atoms with Crippen molar-refractivity contribution in [3.05, 3.63) is 41.5 Å². The molecule has 8 rings (SSSR count). The molecular weight excluding hydrogens is 769 g/mol. The Labute approximate surface area is 326 Å². The summed E-state index contributed by atoms with van der Waals surface area (Å²) in [4.78, 5) is 17.1. The van der Waals surface area contributed by atoms with E-state index in [1.807, 2.05) is 24.4 Å². The number of aliphatic hydroxyl groups excluding tert-OH is 1. The molecule has 2 unspecified atom stereocenters. The second kappa shape index (κ2) is 15.2. The summed E-state index contributed by atoms with van der Waals surface area (Å²) in [7, 11) is -4.95. The van der Waals surface area contributed by atoms with Gasteiger partial charge in [-0.25, -0.2) is 26.8 Å². The quantitative estimate of drug-likeness (QED) is 0.264. The second-order valence-electron chi connectivity index (χ2n) is 15.2. The van der Waals surface area contributed by atoms with E-state index in [0.717, 1.165) is 10.9 Å². The Balaban J connectivity index is 1.29. The summed E-state index contributed by atoms with van der Waals surface area (Å²) in [5.74, 6) is 1.44. The highest BCUT2D eigenvalue weighted by Gasteiger charge is 2.55. The summed E-state index contributed by atoms with van der Waals surface area (Å²) in [5.41, 5.74) is 1.96. The highest BCUT2D eigenvalue weighted by molar-refractivity contribution is 7.92. The Morgan fingerprint density at radius 2 is 1.75 bits per heavy atom. The Kier molecular flexibility index (Phi) is 10.6. The SMILES string of the molecule is COc1cc(-c2nc3c(c(C4(S(=O)(=O)CN(C)C(=C5CNC(CO)CO5)C5(S(C)(=O)=O)CCOCC5)CCOCC4)n2)OCC2COCCN32)c2cc[nH]c2c1. The van der Waals surface area contributed by atoms with E-state index >= 15 is 8.42 Å². The molecule has 17 nitrogen and oxygen atoms in total. The van der Waals surface area contributed by atoms with Gasteiger partial charge in [-0.05, 0) is 37.8 Å². The molecule has 0 radical (unpaired) electrons. The average molecular weight is 819 g/mol. The number of hydrogen-bond acceptors (Lipinski definition) is 16. The number of anilines is 1. The lowest BCUT2D eigenvalue weighted by atomic mass is 9.92. The first-order valence-corrected chi connectivity index (χ1v) is 22.5. The molecule has 2 aromatic heterocycles. The predicted octanol–water partition coefficient (Wildman–Crippen LogP) is 1.33. The van der Waals surface area contributed by atoms with Crippen molar-refractivity contribution >= 4 is 36.4 Å². The van der Waals surface area contributed by atoms with Gasteiger partial charge in [0.2, 0.25) is 0 Å². The Hall–Kier alpha value is -3.72. The minimum Gasteiger partial charge on any atom is -0.497 e. The van der Waals surface area contributed by atoms with E-state index in [1.54, 1.807) is 14.2 Å². The fourth-order valence-corrected chi connectivity index (χ4v) is 12.5. The summed E-state index contributed by atoms with van der Waals surface area (Å²) in [6, 6.07) is 5.16. The number of hydrogen-bond donors (Lipinski definition) is 3. The molecule has 1 aromatic carbocycles. The van der Waals surface area contributed by atoms with E-state index in [-0.39, 0.29) is 102 Å². The highest BCUT2D eigenvalue weighted by Crippen LogP contribution is 2.50. The predicted molar refractivity (Wildman–Crippen MR) is 206 cm³/mol. The van der Waals surface area contributed by atoms with Gasteiger partial charge in [0.1, 0.15) is 45.8 Å². The average Bonchev–Trinajstić information content (AvgIpc) is 3.69. The van der Waals surface area contributed by atoms with Gasteiger partial charge in [-0.2, -0.15) is 0 Å². The third kappa shape index (κ3) is 6.67. The number of fused-ring (bicyclic) bond motifs is 4. The van der Waals surface area contributed by atoms with Crippen LogP contribution in [-0.2, 0) is 43.4 Å². The zero-order valence-electron chi connectivity index (χ0n) is 31.9. The van der Waals surface area contributed by atoms with Crippen molar-refractivity contribution in [3.63, 3.8) is 0 Å². The Bertz CT molecular complexity index is 2190. The van der Waals surface area contributed by atoms with E-state index in [2.05, 4.69) is 15.2 Å². The van der Waals surface area contributed by atoms with Gasteiger partial charge in [0.15, 0.2) is 37.1 Å². The van der Waals surface area contributed by atoms with Gasteiger partial charge in [-0.3, -0.25) is 0 Å². The van der Waals surface area contributed by atoms with Crippen LogP contribution in [0.5, 0.6) is 11.5 Å². The molecule has 5 aliphatic heterocycles. The monoisotopic (exact) mass is 818 g/mol. The molecule has 0 bridgehead atoms. The summed E-state index contributed by atoms with van der Waals surface area (Å²) in [6.45, 7) is 2.33. The number of aromatic nitrogens is 3. The second-order valence-corrected chi connectivity index (χ2v) is 19.8. The number of benzene rings is 1. The summed E-state index contributed by atoms with van der Waals surface area (Å²) in [6.07, 6.45) is 3.38. The maximum Gasteiger partial charge on any atom is 0.185 e. The molecule has 2 atom stereocenters. The Morgan fingerprint density at radius 3 is 2.43 bits per heavy atom. The molecular formula is C37H50N6O11S2. The minimum atomic E-state index is -4.29. The maximum absolute atomic E-state index is 15.6. The van der Waals surface area contributed by atoms with Crippen molar-refractivity contribution in [3.8, 4) is 22.9 Å². The van der Waals surface area contributed by atoms with Crippen LogP contribution in [0, 0.1) is 0 Å². The van der Waals surface area contributed by atoms with Crippen LogP contribution >= 0.6 is 0 Å². The number of H-pyrrole nitrogens is 1. The zero-order chi connectivity index (χ0) is 39.3. The number of morpholine rings is 2. The topological polar surface area (TPSA) is 204 Å². The first kappa shape index (κ1) is 39.1. The number of sulfone groups is 2. The number of methoxy groups -OCH3 is 1. The lowest BCUT2D eigenvalue weighted by molar-refractivity contribution is 0.0628. The van der Waals surface area contributed by atoms with Crippen LogP contribution in [-0.4, -0.2) is 157 Å². The van der Waals surface area contributed by atoms with E-state index in [4.69, 9.17) is 38.4 Å². The standard InChI is InChI=1S/C37H50N6O11S2/c1-42(33(30-18-39-24(19-44)20-53-30)37(55(3,45)46)7-13-51-14-8-37)23-56(47,48)36(5-11-50-12-6-36)32-31-35(43-10-15-52-21-25(43)22-54-31)41-34(40-32)28-16-26(49-2)17-29-27(28)4-9-38-29/h4,9,16-17,24-25,38-39,44H,5-8,10-15,18-23H2,1-3H3. The van der Waals surface area contributed by atoms with Crippen LogP contribution < -0.4 is 19.7 Å². The first-order chi connectivity index (χ1) is 26.9. The molecule has 0 aliphatic carbocycles. The molecule has 4 fully saturated rings. The van der Waals surface area contributed by atoms with Crippen molar-refractivity contribution in [2.45, 2.75) is 47.3 Å². The largest absolute Gasteiger partial charge is 0.497 e. The molecule has 0 saturated carbocycles. The van der Waals surface area contributed by atoms with Crippen LogP contribution in [0.2, 0.25) is 0 Å². The maximum atomic E-state index is 15.6. The third-order valence-electron chi connectivity index (χ3n) is 11.9. The minimum absolute atomic E-state index is 0.0762. The molecule has 306 valence electrons. The highest BCUT2D eigenvalue weighted by atomic mass is 32.2. The lowest BCUT2D eigenvalue weighted by Gasteiger charge is -2.45. The van der Waals surface area contributed by atoms with E-state index in [9.17, 15) is 13.5 Å². The number of nitrogens with one attached hydrogen (secondary N) is 2. The van der Waals surface area contributed by atoms with E-state index in [0.29, 0.717) is 54.2 Å². The molecule has 3 aromatic rings. The molecule has 0 amide bonds. The van der Waals surface area contributed by atoms with Crippen LogP contribution in [0.1, 0.15) is 31.4 Å². The van der Waals surface area contributed by atoms with Crippen LogP contribution in [0.4, 0.5) is 5.82 Å². The van der Waals surface area contributed by atoms with Crippen LogP contribution in [0.3, 0.4) is 0 Å². The Morgan fingerprint density at radius 1 is 1.00 bits per heavy atom. The van der Waals surface area contributed by atoms with E-state index < -0.39 is 35.0 Å². The fraction of sp³-hybridized carbons (Fsp3) is 0.622. The van der Waals surface area contributed by atoms with Gasteiger partial charge in [0.25, 0.3) is 0 Å². The van der Waals surface area contributed by atoms with Crippen molar-refractivity contribution in [2.75, 3.05) is 104 Å². The molecule has 19 heteroatoms. The molecule has 3 N–H and O–H groups in total. The van der Waals surface area contributed by atoms with Gasteiger partial charge in [-0.15, -0.1) is 0 Å². The van der Waals surface area contributed by atoms with Gasteiger partial charge >= 0.3 is 0 Å². The number of aromatic amines is 1. The molecule has 0 spiro atoms. The molecule has 56 heavy (non-hydrogen) atoms. The summed E-state index contributed by atoms with van der Waals surface area (Å²) < 4.78 is 91.4. The fourth-order valence-electron chi connectivity index (χ4n) is 8.85. The van der Waals surface area contributed by atoms with Crippen LogP contribution in [0.15, 0.2) is 35.9 Å². The smallest absolute Gasteiger partial charge is 0.185 e. The van der Waals surface area contributed by atoms with Crippen molar-refractivity contribution in [2.24, 2.45) is 0 Å². The van der Waals surface area contributed by atoms with Crippen molar-refractivity contribution < 1.29 is 50.4 Å². The third-order valence-corrected chi connectivity index (χ3v) is 16.4. The van der Waals surface area contributed by atoms with Crippen molar-refractivity contribution in [1.29, 1.82) is 0 Å². The molecule has 4 saturated heterocycles. The molecule has 5 aliphatic rings. The number of aliphatic hydroxyl groups is 1. The normalized spacial score (nSPS) is 24.7. The van der Waals surface area contributed by atoms with Gasteiger partial charge < -0.3 is 53.6 Å². The summed E-state index contributed by atoms with van der Waals surface area (Å²) >= 11 is 0.